The van der Waals surface area contributed by atoms with E-state index in [4.69, 9.17) is 21.1 Å². The molecule has 4 aromatic rings. The minimum absolute atomic E-state index is 0.0309. The number of nitrogens with zero attached hydrogens (tertiary/aromatic N) is 2. The molecule has 10 nitrogen and oxygen atoms in total. The van der Waals surface area contributed by atoms with E-state index in [9.17, 15) is 14.4 Å². The lowest BCUT2D eigenvalue weighted by molar-refractivity contribution is 0.0954. The number of hydrogen-bond donors (Lipinski definition) is 3. The smallest absolute Gasteiger partial charge is 0.323 e. The highest BCUT2D eigenvalue weighted by molar-refractivity contribution is 6.30. The summed E-state index contributed by atoms with van der Waals surface area (Å²) in [7, 11) is 3.18. The third-order valence-corrected chi connectivity index (χ3v) is 8.83. The molecule has 1 saturated heterocycles. The van der Waals surface area contributed by atoms with Gasteiger partial charge in [-0.2, -0.15) is 0 Å². The van der Waals surface area contributed by atoms with E-state index in [1.165, 1.54) is 0 Å². The molecule has 0 radical (unpaired) electrons. The first-order valence-corrected chi connectivity index (χ1v) is 15.6. The van der Waals surface area contributed by atoms with E-state index in [0.29, 0.717) is 59.5 Å². The second kappa shape index (κ2) is 13.6. The van der Waals surface area contributed by atoms with Gasteiger partial charge in [-0.15, -0.1) is 0 Å². The number of hydrogen-bond acceptors (Lipinski definition) is 6. The highest BCUT2D eigenvalue weighted by Crippen LogP contribution is 2.39. The zero-order valence-electron chi connectivity index (χ0n) is 25.7. The molecule has 238 valence electrons. The van der Waals surface area contributed by atoms with Crippen molar-refractivity contribution < 1.29 is 19.1 Å². The van der Waals surface area contributed by atoms with Gasteiger partial charge in [0.1, 0.15) is 0 Å². The normalized spacial score (nSPS) is 16.6. The number of fused-ring (bicyclic) bond motifs is 4. The van der Waals surface area contributed by atoms with Crippen LogP contribution in [0.25, 0.3) is 0 Å². The van der Waals surface area contributed by atoms with Crippen molar-refractivity contribution in [3.63, 3.8) is 0 Å². The summed E-state index contributed by atoms with van der Waals surface area (Å²) in [5.74, 6) is 1.48. The third kappa shape index (κ3) is 6.82. The number of amides is 3. The molecule has 6 rings (SSSR count). The maximum absolute atomic E-state index is 13.3. The van der Waals surface area contributed by atoms with Crippen molar-refractivity contribution in [2.45, 2.75) is 25.3 Å². The van der Waals surface area contributed by atoms with Gasteiger partial charge in [0.05, 0.1) is 25.6 Å². The molecule has 0 aliphatic carbocycles. The molecule has 3 N–H and O–H groups in total. The van der Waals surface area contributed by atoms with Crippen molar-refractivity contribution in [3.8, 4) is 11.5 Å². The summed E-state index contributed by atoms with van der Waals surface area (Å²) in [5, 5.41) is 9.38. The van der Waals surface area contributed by atoms with Gasteiger partial charge in [0, 0.05) is 60.1 Å². The lowest BCUT2D eigenvalue weighted by atomic mass is 9.83. The molecule has 3 aromatic carbocycles. The van der Waals surface area contributed by atoms with Gasteiger partial charge < -0.3 is 34.9 Å². The summed E-state index contributed by atoms with van der Waals surface area (Å²) in [6.07, 6.45) is 1.60. The standard InChI is InChI=1S/C35H36ClN5O5/c1-45-31-13-6-22(17-32(31)46-2)14-15-37-34(43)24-7-12-30(28(18-24)39-35(44)38-27-10-8-26(36)9-11-27)40-19-23-16-25(21-40)29-4-3-5-33(42)41(29)20-23/h3-13,17-18,23,25H,14-16,19-21H2,1-2H3,(H,37,43)(H2,38,39,44). The van der Waals surface area contributed by atoms with Gasteiger partial charge in [-0.1, -0.05) is 23.7 Å². The fourth-order valence-electron chi connectivity index (χ4n) is 6.42. The van der Waals surface area contributed by atoms with Crippen molar-refractivity contribution in [2.75, 3.05) is 49.4 Å². The van der Waals surface area contributed by atoms with Crippen molar-refractivity contribution in [3.05, 3.63) is 111 Å². The maximum Gasteiger partial charge on any atom is 0.323 e. The van der Waals surface area contributed by atoms with Gasteiger partial charge in [0.15, 0.2) is 11.5 Å². The second-order valence-corrected chi connectivity index (χ2v) is 12.1. The Labute approximate surface area is 272 Å². The van der Waals surface area contributed by atoms with Gasteiger partial charge >= 0.3 is 6.03 Å². The lowest BCUT2D eigenvalue weighted by Gasteiger charge is -2.44. The van der Waals surface area contributed by atoms with Crippen LogP contribution in [0, 0.1) is 5.92 Å². The van der Waals surface area contributed by atoms with Crippen LogP contribution in [0.2, 0.25) is 5.02 Å². The molecule has 2 bridgehead atoms. The van der Waals surface area contributed by atoms with Crippen LogP contribution in [0.3, 0.4) is 0 Å². The van der Waals surface area contributed by atoms with Crippen LogP contribution >= 0.6 is 11.6 Å². The van der Waals surface area contributed by atoms with E-state index >= 15 is 0 Å². The number of anilines is 3. The zero-order chi connectivity index (χ0) is 32.2. The van der Waals surface area contributed by atoms with Crippen LogP contribution in [0.4, 0.5) is 21.9 Å². The number of nitrogens with one attached hydrogen (secondary N) is 3. The largest absolute Gasteiger partial charge is 0.493 e. The fraction of sp³-hybridized carbons (Fsp3) is 0.286. The van der Waals surface area contributed by atoms with Crippen LogP contribution in [0.15, 0.2) is 83.7 Å². The molecule has 1 fully saturated rings. The first-order valence-electron chi connectivity index (χ1n) is 15.2. The number of urea groups is 1. The Morgan fingerprint density at radius 1 is 0.891 bits per heavy atom. The first kappa shape index (κ1) is 31.0. The molecule has 2 unspecified atom stereocenters. The molecule has 46 heavy (non-hydrogen) atoms. The van der Waals surface area contributed by atoms with E-state index in [1.807, 2.05) is 41.0 Å². The molecule has 0 saturated carbocycles. The molecule has 11 heteroatoms. The average molecular weight is 642 g/mol. The number of halogens is 1. The number of carbonyl (C=O) groups excluding carboxylic acids is 2. The van der Waals surface area contributed by atoms with Crippen LogP contribution < -0.4 is 35.9 Å². The molecular formula is C35H36ClN5O5. The Balaban J connectivity index is 1.21. The predicted molar refractivity (Wildman–Crippen MR) is 180 cm³/mol. The number of ether oxygens (including phenoxy) is 2. The van der Waals surface area contributed by atoms with Crippen LogP contribution in [-0.2, 0) is 13.0 Å². The monoisotopic (exact) mass is 641 g/mol. The molecule has 3 amide bonds. The van der Waals surface area contributed by atoms with E-state index in [0.717, 1.165) is 29.9 Å². The Morgan fingerprint density at radius 2 is 1.70 bits per heavy atom. The summed E-state index contributed by atoms with van der Waals surface area (Å²) in [6.45, 7) is 2.47. The maximum atomic E-state index is 13.3. The predicted octanol–water partition coefficient (Wildman–Crippen LogP) is 5.76. The molecule has 1 aromatic heterocycles. The van der Waals surface area contributed by atoms with E-state index < -0.39 is 6.03 Å². The van der Waals surface area contributed by atoms with Crippen LogP contribution in [0.1, 0.15) is 34.0 Å². The number of carbonyl (C=O) groups is 2. The average Bonchev–Trinajstić information content (AvgIpc) is 3.06. The van der Waals surface area contributed by atoms with Crippen molar-refractivity contribution in [2.24, 2.45) is 5.92 Å². The van der Waals surface area contributed by atoms with Gasteiger partial charge in [-0.05, 0) is 85.0 Å². The van der Waals surface area contributed by atoms with Crippen molar-refractivity contribution in [1.82, 2.24) is 9.88 Å². The summed E-state index contributed by atoms with van der Waals surface area (Å²) in [6, 6.07) is 22.9. The number of piperidine rings is 1. The Kier molecular flexibility index (Phi) is 9.16. The van der Waals surface area contributed by atoms with Gasteiger partial charge in [-0.25, -0.2) is 4.79 Å². The van der Waals surface area contributed by atoms with Crippen LogP contribution in [-0.4, -0.2) is 50.4 Å². The molecule has 2 atom stereocenters. The van der Waals surface area contributed by atoms with Crippen molar-refractivity contribution >= 4 is 40.6 Å². The van der Waals surface area contributed by atoms with Crippen molar-refractivity contribution in [1.29, 1.82) is 0 Å². The number of rotatable bonds is 9. The van der Waals surface area contributed by atoms with Gasteiger partial charge in [0.25, 0.3) is 11.5 Å². The molecular weight excluding hydrogens is 606 g/mol. The second-order valence-electron chi connectivity index (χ2n) is 11.6. The van der Waals surface area contributed by atoms with Crippen LogP contribution in [0.5, 0.6) is 11.5 Å². The Morgan fingerprint density at radius 3 is 2.48 bits per heavy atom. The van der Waals surface area contributed by atoms with Gasteiger partial charge in [-0.3, -0.25) is 9.59 Å². The summed E-state index contributed by atoms with van der Waals surface area (Å²) >= 11 is 6.01. The molecule has 3 heterocycles. The molecule has 2 aliphatic rings. The topological polar surface area (TPSA) is 114 Å². The molecule has 2 aliphatic heterocycles. The Hall–Kier alpha value is -4.96. The third-order valence-electron chi connectivity index (χ3n) is 8.58. The number of methoxy groups -OCH3 is 2. The SMILES string of the molecule is COc1ccc(CCNC(=O)c2ccc(N3CC4CC(C3)c3cccc(=O)n3C4)c(NC(=O)Nc3ccc(Cl)cc3)c2)cc1OC. The number of benzene rings is 3. The van der Waals surface area contributed by atoms with E-state index in [1.54, 1.807) is 56.7 Å². The summed E-state index contributed by atoms with van der Waals surface area (Å²) in [4.78, 5) is 41.3. The minimum atomic E-state index is -0.441. The minimum Gasteiger partial charge on any atom is -0.493 e. The fourth-order valence-corrected chi connectivity index (χ4v) is 6.55. The first-order chi connectivity index (χ1) is 22.3. The highest BCUT2D eigenvalue weighted by Gasteiger charge is 2.35. The zero-order valence-corrected chi connectivity index (χ0v) is 26.5. The molecule has 0 spiro atoms. The number of pyridine rings is 1. The lowest BCUT2D eigenvalue weighted by Crippen LogP contribution is -2.47. The number of aromatic nitrogens is 1. The van der Waals surface area contributed by atoms with Gasteiger partial charge in [0.2, 0.25) is 0 Å². The van der Waals surface area contributed by atoms with E-state index in [2.05, 4.69) is 20.9 Å². The summed E-state index contributed by atoms with van der Waals surface area (Å²) < 4.78 is 12.6. The quantitative estimate of drug-likeness (QED) is 0.214. The van der Waals surface area contributed by atoms with E-state index in [-0.39, 0.29) is 23.3 Å². The Bertz CT molecular complexity index is 1810. The summed E-state index contributed by atoms with van der Waals surface area (Å²) in [5.41, 5.74) is 4.40. The highest BCUT2D eigenvalue weighted by atomic mass is 35.5.